The van der Waals surface area contributed by atoms with Crippen LogP contribution in [0.1, 0.15) is 30.9 Å². The van der Waals surface area contributed by atoms with Gasteiger partial charge < -0.3 is 4.74 Å². The second-order valence-corrected chi connectivity index (χ2v) is 6.62. The fourth-order valence-electron chi connectivity index (χ4n) is 1.70. The van der Waals surface area contributed by atoms with Crippen LogP contribution in [-0.4, -0.2) is 18.7 Å². The molecule has 0 radical (unpaired) electrons. The van der Waals surface area contributed by atoms with Gasteiger partial charge in [-0.2, -0.15) is 16.4 Å². The van der Waals surface area contributed by atoms with E-state index in [1.165, 1.54) is 5.56 Å². The van der Waals surface area contributed by atoms with E-state index in [2.05, 4.69) is 40.3 Å². The number of hydrogen-bond acceptors (Lipinski definition) is 4. The fraction of sp³-hybridized carbons (Fsp3) is 0.250. The molecular formula is C16H17BrN2O2S. The van der Waals surface area contributed by atoms with Crippen molar-refractivity contribution in [3.63, 3.8) is 0 Å². The van der Waals surface area contributed by atoms with Gasteiger partial charge in [-0.3, -0.25) is 4.79 Å². The largest absolute Gasteiger partial charge is 0.483 e. The molecular weight excluding hydrogens is 364 g/mol. The molecule has 0 bridgehead atoms. The zero-order valence-electron chi connectivity index (χ0n) is 12.4. The first-order valence-electron chi connectivity index (χ1n) is 6.82. The van der Waals surface area contributed by atoms with Crippen LogP contribution in [0.2, 0.25) is 0 Å². The Bertz CT molecular complexity index is 654. The number of benzene rings is 1. The van der Waals surface area contributed by atoms with Crippen molar-refractivity contribution >= 4 is 39.4 Å². The van der Waals surface area contributed by atoms with Crippen LogP contribution in [-0.2, 0) is 4.79 Å². The summed E-state index contributed by atoms with van der Waals surface area (Å²) in [6, 6.07) is 7.79. The number of rotatable bonds is 6. The molecule has 0 saturated carbocycles. The first kappa shape index (κ1) is 16.7. The van der Waals surface area contributed by atoms with Gasteiger partial charge in [0.2, 0.25) is 0 Å². The second kappa shape index (κ2) is 8.10. The zero-order valence-corrected chi connectivity index (χ0v) is 14.8. The third-order valence-electron chi connectivity index (χ3n) is 2.93. The Kier molecular flexibility index (Phi) is 6.15. The van der Waals surface area contributed by atoms with Gasteiger partial charge in [0.15, 0.2) is 6.61 Å². The van der Waals surface area contributed by atoms with E-state index in [4.69, 9.17) is 4.74 Å². The van der Waals surface area contributed by atoms with E-state index in [1.807, 2.05) is 35.0 Å². The minimum absolute atomic E-state index is 0.0827. The van der Waals surface area contributed by atoms with Gasteiger partial charge in [-0.15, -0.1) is 0 Å². The maximum absolute atomic E-state index is 11.7. The number of carbonyl (C=O) groups is 1. The first-order chi connectivity index (χ1) is 10.6. The molecule has 1 heterocycles. The molecule has 0 unspecified atom stereocenters. The SMILES string of the molecule is CC(C)c1ccc(OCC(=O)N/N=C/c2ccsc2)c(Br)c1. The van der Waals surface area contributed by atoms with Gasteiger partial charge in [0.25, 0.3) is 5.91 Å². The van der Waals surface area contributed by atoms with Crippen LogP contribution in [0, 0.1) is 0 Å². The van der Waals surface area contributed by atoms with E-state index in [9.17, 15) is 4.79 Å². The molecule has 22 heavy (non-hydrogen) atoms. The lowest BCUT2D eigenvalue weighted by Gasteiger charge is -2.10. The highest BCUT2D eigenvalue weighted by atomic mass is 79.9. The van der Waals surface area contributed by atoms with Gasteiger partial charge in [-0.05, 0) is 56.4 Å². The van der Waals surface area contributed by atoms with Crippen molar-refractivity contribution in [2.75, 3.05) is 6.61 Å². The highest BCUT2D eigenvalue weighted by molar-refractivity contribution is 9.10. The predicted octanol–water partition coefficient (Wildman–Crippen LogP) is 4.16. The van der Waals surface area contributed by atoms with Crippen LogP contribution >= 0.6 is 27.3 Å². The highest BCUT2D eigenvalue weighted by Crippen LogP contribution is 2.28. The molecule has 0 saturated heterocycles. The third-order valence-corrected chi connectivity index (χ3v) is 4.25. The van der Waals surface area contributed by atoms with Crippen LogP contribution in [0.25, 0.3) is 0 Å². The number of halogens is 1. The van der Waals surface area contributed by atoms with Crippen molar-refractivity contribution in [2.24, 2.45) is 5.10 Å². The monoisotopic (exact) mass is 380 g/mol. The predicted molar refractivity (Wildman–Crippen MR) is 93.8 cm³/mol. The van der Waals surface area contributed by atoms with Crippen molar-refractivity contribution < 1.29 is 9.53 Å². The number of ether oxygens (including phenoxy) is 1. The van der Waals surface area contributed by atoms with Gasteiger partial charge in [0, 0.05) is 5.56 Å². The average Bonchev–Trinajstić information content (AvgIpc) is 2.99. The highest BCUT2D eigenvalue weighted by Gasteiger charge is 2.07. The summed E-state index contributed by atoms with van der Waals surface area (Å²) in [5.41, 5.74) is 4.60. The average molecular weight is 381 g/mol. The molecule has 0 fully saturated rings. The van der Waals surface area contributed by atoms with Gasteiger partial charge in [0.1, 0.15) is 5.75 Å². The molecule has 0 aliphatic carbocycles. The Morgan fingerprint density at radius 1 is 1.45 bits per heavy atom. The van der Waals surface area contributed by atoms with Gasteiger partial charge >= 0.3 is 0 Å². The molecule has 4 nitrogen and oxygen atoms in total. The van der Waals surface area contributed by atoms with E-state index in [1.54, 1.807) is 17.6 Å². The Labute approximate surface area is 142 Å². The number of nitrogens with zero attached hydrogens (tertiary/aromatic N) is 1. The molecule has 1 N–H and O–H groups in total. The summed E-state index contributed by atoms with van der Waals surface area (Å²) in [4.78, 5) is 11.7. The Hall–Kier alpha value is -1.66. The van der Waals surface area contributed by atoms with Gasteiger partial charge in [0.05, 0.1) is 10.7 Å². The van der Waals surface area contributed by atoms with Crippen LogP contribution < -0.4 is 10.2 Å². The third kappa shape index (κ3) is 4.96. The summed E-state index contributed by atoms with van der Waals surface area (Å²) in [6.07, 6.45) is 1.60. The van der Waals surface area contributed by atoms with Gasteiger partial charge in [-0.1, -0.05) is 19.9 Å². The normalized spacial score (nSPS) is 11.1. The molecule has 0 atom stereocenters. The lowest BCUT2D eigenvalue weighted by Crippen LogP contribution is -2.24. The smallest absolute Gasteiger partial charge is 0.277 e. The number of amides is 1. The number of hydrazone groups is 1. The Morgan fingerprint density at radius 3 is 2.91 bits per heavy atom. The van der Waals surface area contributed by atoms with E-state index < -0.39 is 0 Å². The van der Waals surface area contributed by atoms with Crippen molar-refractivity contribution in [2.45, 2.75) is 19.8 Å². The fourth-order valence-corrected chi connectivity index (χ4v) is 2.82. The molecule has 1 amide bonds. The number of thiophene rings is 1. The molecule has 2 aromatic rings. The lowest BCUT2D eigenvalue weighted by molar-refractivity contribution is -0.123. The Balaban J connectivity index is 1.83. The zero-order chi connectivity index (χ0) is 15.9. The molecule has 116 valence electrons. The molecule has 6 heteroatoms. The van der Waals surface area contributed by atoms with Crippen LogP contribution in [0.3, 0.4) is 0 Å². The topological polar surface area (TPSA) is 50.7 Å². The van der Waals surface area contributed by atoms with Crippen LogP contribution in [0.4, 0.5) is 0 Å². The molecule has 0 aliphatic rings. The number of nitrogens with one attached hydrogen (secondary N) is 1. The molecule has 0 spiro atoms. The molecule has 1 aromatic heterocycles. The maximum Gasteiger partial charge on any atom is 0.277 e. The summed E-state index contributed by atoms with van der Waals surface area (Å²) >= 11 is 5.04. The first-order valence-corrected chi connectivity index (χ1v) is 8.56. The van der Waals surface area contributed by atoms with Crippen molar-refractivity contribution in [1.29, 1.82) is 0 Å². The number of hydrogen-bond donors (Lipinski definition) is 1. The summed E-state index contributed by atoms with van der Waals surface area (Å²) in [6.45, 7) is 4.17. The van der Waals surface area contributed by atoms with Crippen molar-refractivity contribution in [3.8, 4) is 5.75 Å². The quantitative estimate of drug-likeness (QED) is 0.603. The molecule has 2 rings (SSSR count). The minimum atomic E-state index is -0.300. The van der Waals surface area contributed by atoms with E-state index in [0.29, 0.717) is 11.7 Å². The standard InChI is InChI=1S/C16H17BrN2O2S/c1-11(2)13-3-4-15(14(17)7-13)21-9-16(20)19-18-8-12-5-6-22-10-12/h3-8,10-11H,9H2,1-2H3,(H,19,20)/b18-8+. The number of carbonyl (C=O) groups excluding carboxylic acids is 1. The summed E-state index contributed by atoms with van der Waals surface area (Å²) in [7, 11) is 0. The summed E-state index contributed by atoms with van der Waals surface area (Å²) in [5.74, 6) is 0.785. The summed E-state index contributed by atoms with van der Waals surface area (Å²) in [5, 5.41) is 7.77. The molecule has 1 aromatic carbocycles. The van der Waals surface area contributed by atoms with Gasteiger partial charge in [-0.25, -0.2) is 5.43 Å². The van der Waals surface area contributed by atoms with Crippen LogP contribution in [0.5, 0.6) is 5.75 Å². The maximum atomic E-state index is 11.7. The van der Waals surface area contributed by atoms with E-state index in [0.717, 1.165) is 10.0 Å². The van der Waals surface area contributed by atoms with E-state index in [-0.39, 0.29) is 12.5 Å². The van der Waals surface area contributed by atoms with Crippen molar-refractivity contribution in [3.05, 3.63) is 50.6 Å². The lowest BCUT2D eigenvalue weighted by atomic mass is 10.0. The van der Waals surface area contributed by atoms with Crippen molar-refractivity contribution in [1.82, 2.24) is 5.43 Å². The second-order valence-electron chi connectivity index (χ2n) is 4.98. The molecule has 0 aliphatic heterocycles. The minimum Gasteiger partial charge on any atom is -0.483 e. The summed E-state index contributed by atoms with van der Waals surface area (Å²) < 4.78 is 6.33. The van der Waals surface area contributed by atoms with E-state index >= 15 is 0 Å². The Morgan fingerprint density at radius 2 is 2.27 bits per heavy atom. The van der Waals surface area contributed by atoms with Crippen LogP contribution in [0.15, 0.2) is 44.6 Å².